The summed E-state index contributed by atoms with van der Waals surface area (Å²) in [6, 6.07) is 2.37. The summed E-state index contributed by atoms with van der Waals surface area (Å²) in [6.45, 7) is 0.0698. The Hall–Kier alpha value is -4.55. The Kier molecular flexibility index (Phi) is 8.84. The highest BCUT2D eigenvalue weighted by Crippen LogP contribution is 2.40. The molecule has 0 radical (unpaired) electrons. The van der Waals surface area contributed by atoms with E-state index in [4.69, 9.17) is 24.8 Å². The van der Waals surface area contributed by atoms with Crippen molar-refractivity contribution in [1.29, 1.82) is 0 Å². The van der Waals surface area contributed by atoms with Crippen molar-refractivity contribution in [3.8, 4) is 0 Å². The van der Waals surface area contributed by atoms with Gasteiger partial charge in [-0.15, -0.1) is 23.1 Å². The quantitative estimate of drug-likeness (QED) is 0.0906. The monoisotopic (exact) mass is 646 g/mol. The van der Waals surface area contributed by atoms with Gasteiger partial charge in [0.1, 0.15) is 24.2 Å². The number of hydrogen-bond acceptors (Lipinski definition) is 15. The van der Waals surface area contributed by atoms with E-state index in [2.05, 4.69) is 15.5 Å². The number of oxime groups is 1. The first kappa shape index (κ1) is 30.9. The molecule has 3 aliphatic rings. The number of anilines is 1. The second-order valence-electron chi connectivity index (χ2n) is 9.68. The van der Waals surface area contributed by atoms with Crippen LogP contribution in [-0.4, -0.2) is 82.5 Å². The number of carbonyl (C=O) groups excluding carboxylic acids is 5. The van der Waals surface area contributed by atoms with Crippen LogP contribution < -0.4 is 20.7 Å². The van der Waals surface area contributed by atoms with Crippen LogP contribution in [0, 0.1) is 0 Å². The minimum Gasteiger partial charge on any atom is -0.543 e. The largest absolute Gasteiger partial charge is 0.543 e. The molecule has 5 heterocycles. The maximum absolute atomic E-state index is 13.1. The van der Waals surface area contributed by atoms with E-state index in [9.17, 15) is 29.1 Å². The number of carboxylic acid groups (broad SMARTS) is 1. The van der Waals surface area contributed by atoms with E-state index in [0.717, 1.165) is 16.2 Å². The number of aliphatic carboxylic acids is 1. The Morgan fingerprint density at radius 1 is 1.30 bits per heavy atom. The lowest BCUT2D eigenvalue weighted by atomic mass is 10.0. The van der Waals surface area contributed by atoms with Crippen LogP contribution in [0.5, 0.6) is 0 Å². The zero-order valence-electron chi connectivity index (χ0n) is 23.3. The summed E-state index contributed by atoms with van der Waals surface area (Å²) in [4.78, 5) is 71.9. The molecule has 44 heavy (non-hydrogen) atoms. The van der Waals surface area contributed by atoms with E-state index >= 15 is 0 Å². The number of cyclic esters (lactones) is 1. The third-order valence-corrected chi connectivity index (χ3v) is 8.94. The Morgan fingerprint density at radius 2 is 2.05 bits per heavy atom. The molecule has 0 spiro atoms. The van der Waals surface area contributed by atoms with Gasteiger partial charge in [-0.1, -0.05) is 5.16 Å². The smallest absolute Gasteiger partial charge is 0.379 e. The van der Waals surface area contributed by atoms with Crippen molar-refractivity contribution < 1.29 is 52.7 Å². The number of hydrogen-bond donors (Lipinski definition) is 2. The topological polar surface area (TPSA) is 216 Å². The van der Waals surface area contributed by atoms with E-state index in [1.165, 1.54) is 31.4 Å². The Balaban J connectivity index is 1.25. The number of rotatable bonds is 11. The fourth-order valence-corrected chi connectivity index (χ4v) is 6.70. The molecule has 16 nitrogen and oxygen atoms in total. The van der Waals surface area contributed by atoms with Gasteiger partial charge in [-0.3, -0.25) is 19.3 Å². The fraction of sp³-hybridized carbons (Fsp3) is 0.385. The number of nitrogens with zero attached hydrogens (tertiary/aromatic N) is 4. The summed E-state index contributed by atoms with van der Waals surface area (Å²) in [5, 5.41) is 19.5. The number of nitrogens with one attached hydrogen (secondary N) is 1. The molecule has 2 fully saturated rings. The lowest BCUT2D eigenvalue weighted by Crippen LogP contribution is -2.71. The molecule has 2 unspecified atom stereocenters. The number of aromatic nitrogens is 2. The summed E-state index contributed by atoms with van der Waals surface area (Å²) in [6.07, 6.45) is 3.40. The molecule has 3 N–H and O–H groups in total. The Labute approximate surface area is 257 Å². The van der Waals surface area contributed by atoms with Crippen molar-refractivity contribution in [1.82, 2.24) is 15.2 Å². The predicted molar refractivity (Wildman–Crippen MR) is 149 cm³/mol. The summed E-state index contributed by atoms with van der Waals surface area (Å²) in [5.74, 6) is -5.79. The van der Waals surface area contributed by atoms with Gasteiger partial charge in [-0.25, -0.2) is 14.3 Å². The van der Waals surface area contributed by atoms with Gasteiger partial charge < -0.3 is 40.0 Å². The highest BCUT2D eigenvalue weighted by Gasteiger charge is 2.53. The van der Waals surface area contributed by atoms with Gasteiger partial charge in [0.15, 0.2) is 29.8 Å². The van der Waals surface area contributed by atoms with Crippen LogP contribution >= 0.6 is 23.1 Å². The molecular formula is C26H26N6O10S2. The number of pyridine rings is 1. The first-order valence-corrected chi connectivity index (χ1v) is 14.9. The van der Waals surface area contributed by atoms with Crippen LogP contribution in [0.3, 0.4) is 0 Å². The molecule has 3 aliphatic heterocycles. The molecule has 0 aliphatic carbocycles. The van der Waals surface area contributed by atoms with Crippen molar-refractivity contribution in [2.75, 3.05) is 25.7 Å². The molecule has 2 amide bonds. The van der Waals surface area contributed by atoms with Gasteiger partial charge >= 0.3 is 17.7 Å². The third-order valence-electron chi connectivity index (χ3n) is 6.93. The number of thiazole rings is 1. The summed E-state index contributed by atoms with van der Waals surface area (Å²) in [5.41, 5.74) is 6.46. The minimum atomic E-state index is -1.80. The zero-order valence-corrected chi connectivity index (χ0v) is 25.0. The van der Waals surface area contributed by atoms with Crippen molar-refractivity contribution in [3.63, 3.8) is 0 Å². The van der Waals surface area contributed by atoms with Crippen LogP contribution in [0.25, 0.3) is 0 Å². The average molecular weight is 647 g/mol. The number of ether oxygens (including phenoxy) is 3. The van der Waals surface area contributed by atoms with Crippen LogP contribution in [0.4, 0.5) is 5.13 Å². The Morgan fingerprint density at radius 3 is 2.64 bits per heavy atom. The number of thioether (sulfide) groups is 1. The molecule has 2 saturated heterocycles. The van der Waals surface area contributed by atoms with Gasteiger partial charge in [0.25, 0.3) is 11.8 Å². The molecule has 3 atom stereocenters. The van der Waals surface area contributed by atoms with Crippen molar-refractivity contribution in [2.45, 2.75) is 43.2 Å². The van der Waals surface area contributed by atoms with E-state index < -0.39 is 46.9 Å². The third kappa shape index (κ3) is 5.95. The number of carboxylic acids is 1. The number of esters is 2. The van der Waals surface area contributed by atoms with E-state index in [1.807, 2.05) is 0 Å². The number of nitrogen functional groups attached to an aromatic ring is 1. The van der Waals surface area contributed by atoms with Crippen LogP contribution in [0.2, 0.25) is 0 Å². The highest BCUT2D eigenvalue weighted by atomic mass is 32.2. The number of carbonyl (C=O) groups is 5. The number of fused-ring (bicyclic) bond motifs is 1. The predicted octanol–water partition coefficient (Wildman–Crippen LogP) is -1.81. The fourth-order valence-electron chi connectivity index (χ4n) is 4.82. The maximum atomic E-state index is 13.1. The van der Waals surface area contributed by atoms with Gasteiger partial charge in [-0.05, 0) is 5.56 Å². The van der Waals surface area contributed by atoms with Crippen LogP contribution in [-0.2, 0) is 56.2 Å². The zero-order chi connectivity index (χ0) is 31.6. The second-order valence-corrected chi connectivity index (χ2v) is 11.7. The molecule has 0 aromatic carbocycles. The normalized spacial score (nSPS) is 23.0. The number of amides is 2. The van der Waals surface area contributed by atoms with E-state index in [-0.39, 0.29) is 54.0 Å². The molecule has 18 heteroatoms. The van der Waals surface area contributed by atoms with E-state index in [1.54, 1.807) is 29.1 Å². The van der Waals surface area contributed by atoms with Gasteiger partial charge in [-0.2, -0.15) is 0 Å². The van der Waals surface area contributed by atoms with E-state index in [0.29, 0.717) is 11.1 Å². The van der Waals surface area contributed by atoms with Crippen molar-refractivity contribution >= 4 is 63.7 Å². The lowest BCUT2D eigenvalue weighted by molar-refractivity contribution is -0.689. The standard InChI is InChI=1S/C26H26N6O10S2/c1-39-24(38)26(6-3-16(33)42-26)41-10-13-4-7-31(8-5-13)9-14-11-43-22-18(21(35)32(22)19(14)23(36)37)29-20(34)17(30-40-2)15-12-44-25(27)28-15/h4-5,7-8,12,18,22H,3,6,9-11H2,1-2H3,(H3-,27,28,29,34,36,37)/b30-17-/t18?,22-,26?/m0/s1. The van der Waals surface area contributed by atoms with Gasteiger partial charge in [0.05, 0.1) is 31.8 Å². The number of methoxy groups -OCH3 is 1. The van der Waals surface area contributed by atoms with Gasteiger partial charge in [0.2, 0.25) is 0 Å². The molecule has 232 valence electrons. The molecule has 2 aromatic rings. The molecule has 2 aromatic heterocycles. The summed E-state index contributed by atoms with van der Waals surface area (Å²) in [7, 11) is 2.42. The summed E-state index contributed by atoms with van der Waals surface area (Å²) >= 11 is 2.39. The molecule has 0 bridgehead atoms. The maximum Gasteiger partial charge on any atom is 0.379 e. The molecule has 5 rings (SSSR count). The highest BCUT2D eigenvalue weighted by molar-refractivity contribution is 8.00. The average Bonchev–Trinajstić information content (AvgIpc) is 3.62. The molecule has 0 saturated carbocycles. The van der Waals surface area contributed by atoms with Crippen molar-refractivity contribution in [2.24, 2.45) is 5.16 Å². The molecular weight excluding hydrogens is 620 g/mol. The lowest BCUT2D eigenvalue weighted by Gasteiger charge is -2.50. The number of β-lactam (4-membered cyclic amide) rings is 1. The second kappa shape index (κ2) is 12.6. The summed E-state index contributed by atoms with van der Waals surface area (Å²) < 4.78 is 17.2. The van der Waals surface area contributed by atoms with Crippen LogP contribution in [0.1, 0.15) is 24.1 Å². The first-order valence-electron chi connectivity index (χ1n) is 13.0. The SMILES string of the molecule is CO/N=C(\C(=O)NC1C(=O)N2C(C(=O)[O-])=C(C[n+]3ccc(COC4(C(=O)OC)CCC(=O)O4)cc3)CS[C@@H]12)c1csc(N)n1. The van der Waals surface area contributed by atoms with Crippen molar-refractivity contribution in [3.05, 3.63) is 52.4 Å². The van der Waals surface area contributed by atoms with Gasteiger partial charge in [0, 0.05) is 35.3 Å². The first-order chi connectivity index (χ1) is 21.1. The number of nitrogens with two attached hydrogens (primary N) is 1. The minimum absolute atomic E-state index is 0.0243. The van der Waals surface area contributed by atoms with Crippen LogP contribution in [0.15, 0.2) is 46.3 Å². The Bertz CT molecular complexity index is 1570.